The summed E-state index contributed by atoms with van der Waals surface area (Å²) in [5.41, 5.74) is 4.32. The van der Waals surface area contributed by atoms with Crippen LogP contribution in [0.4, 0.5) is 4.39 Å². The Morgan fingerprint density at radius 1 is 1.05 bits per heavy atom. The van der Waals surface area contributed by atoms with Crippen molar-refractivity contribution in [1.82, 2.24) is 4.90 Å². The molecule has 1 aliphatic carbocycles. The molecule has 0 radical (unpaired) electrons. The van der Waals surface area contributed by atoms with Crippen molar-refractivity contribution in [2.24, 2.45) is 11.8 Å². The first-order valence-electron chi connectivity index (χ1n) is 13.0. The molecule has 0 aromatic heterocycles. The van der Waals surface area contributed by atoms with E-state index in [1.807, 2.05) is 12.1 Å². The molecule has 1 saturated heterocycles. The van der Waals surface area contributed by atoms with Gasteiger partial charge in [0.05, 0.1) is 5.57 Å². The summed E-state index contributed by atoms with van der Waals surface area (Å²) in [5, 5.41) is 22.7. The fourth-order valence-electron chi connectivity index (χ4n) is 5.98. The van der Waals surface area contributed by atoms with E-state index in [1.165, 1.54) is 17.7 Å². The molecule has 2 N–H and O–H groups in total. The van der Waals surface area contributed by atoms with Gasteiger partial charge in [0.2, 0.25) is 5.79 Å². The molecule has 2 heterocycles. The Morgan fingerprint density at radius 2 is 1.76 bits per heavy atom. The van der Waals surface area contributed by atoms with E-state index in [9.17, 15) is 14.6 Å². The van der Waals surface area contributed by atoms with Crippen molar-refractivity contribution in [3.05, 3.63) is 106 Å². The fourth-order valence-corrected chi connectivity index (χ4v) is 5.98. The molecule has 0 bridgehead atoms. The maximum absolute atomic E-state index is 13.2. The van der Waals surface area contributed by atoms with Crippen LogP contribution in [0.25, 0.3) is 0 Å². The van der Waals surface area contributed by atoms with E-state index in [0.717, 1.165) is 49.1 Å². The van der Waals surface area contributed by atoms with Gasteiger partial charge in [-0.1, -0.05) is 49.4 Å². The minimum absolute atomic E-state index is 0. The minimum atomic E-state index is -2.08. The summed E-state index contributed by atoms with van der Waals surface area (Å²) in [6.45, 7) is 8.75. The molecule has 2 aromatic carbocycles. The van der Waals surface area contributed by atoms with E-state index < -0.39 is 11.4 Å². The average molecular weight is 526 g/mol. The maximum atomic E-state index is 13.2. The van der Waals surface area contributed by atoms with Gasteiger partial charge in [0.15, 0.2) is 0 Å². The zero-order valence-corrected chi connectivity index (χ0v) is 22.6. The molecule has 2 aliphatic heterocycles. The highest BCUT2D eigenvalue weighted by Gasteiger charge is 2.49. The largest absolute Gasteiger partial charge is 0.487 e. The number of aliphatic hydroxyl groups is 2. The molecule has 2 atom stereocenters. The van der Waals surface area contributed by atoms with Crippen LogP contribution in [0.3, 0.4) is 0 Å². The van der Waals surface area contributed by atoms with Gasteiger partial charge in [-0.3, -0.25) is 4.90 Å². The summed E-state index contributed by atoms with van der Waals surface area (Å²) in [6, 6.07) is 17.0. The van der Waals surface area contributed by atoms with Crippen molar-refractivity contribution in [1.29, 1.82) is 0 Å². The molecular weight excluding hydrogens is 489 g/mol. The van der Waals surface area contributed by atoms with E-state index in [4.69, 9.17) is 4.74 Å². The van der Waals surface area contributed by atoms with E-state index in [0.29, 0.717) is 17.9 Å². The summed E-state index contributed by atoms with van der Waals surface area (Å²) in [7, 11) is 0. The number of rotatable bonds is 6. The molecule has 4 nitrogen and oxygen atoms in total. The summed E-state index contributed by atoms with van der Waals surface area (Å²) in [6.07, 6.45) is 6.08. The molecular formula is C31H37ClFNO3. The first-order valence-corrected chi connectivity index (χ1v) is 13.0. The molecule has 37 heavy (non-hydrogen) atoms. The second-order valence-corrected chi connectivity index (χ2v) is 11.1. The first-order chi connectivity index (χ1) is 17.1. The third-order valence-electron chi connectivity index (χ3n) is 7.96. The van der Waals surface area contributed by atoms with Gasteiger partial charge in [-0.05, 0) is 92.1 Å². The van der Waals surface area contributed by atoms with Crippen LogP contribution in [0.2, 0.25) is 0 Å². The molecule has 1 fully saturated rings. The molecule has 6 heteroatoms. The number of ether oxygens (including phenoxy) is 1. The van der Waals surface area contributed by atoms with Crippen LogP contribution in [-0.2, 0) is 17.7 Å². The Hall–Kier alpha value is -2.44. The smallest absolute Gasteiger partial charge is 0.214 e. The number of nitrogens with zero attached hydrogens (tertiary/aromatic N) is 1. The average Bonchev–Trinajstić information content (AvgIpc) is 2.82. The number of hydrogen-bond acceptors (Lipinski definition) is 4. The maximum Gasteiger partial charge on any atom is 0.214 e. The molecule has 0 amide bonds. The normalized spacial score (nSPS) is 23.0. The molecule has 2 aromatic rings. The second kappa shape index (κ2) is 10.7. The molecule has 2 unspecified atom stereocenters. The Labute approximate surface area is 225 Å². The highest BCUT2D eigenvalue weighted by Crippen LogP contribution is 2.49. The number of likely N-dealkylation sites (tertiary alicyclic amines) is 1. The standard InChI is InChI=1S/C31H36FNO3.ClH/c1-21(9-10-22-11-13-25(32)14-12-22)24-17-28-29(31(34,35)18-24)26-20-33(19-23-7-5-4-6-8-23)16-15-27(26)30(2,3)36-28;/h4-8,11-14,17-18,21,27,34-35H,9-10,15-16,19-20H2,1-3H3;1H. The van der Waals surface area contributed by atoms with Gasteiger partial charge in [0.25, 0.3) is 0 Å². The SMILES string of the molecule is CC(CCc1ccc(F)cc1)C1=CC(O)(O)C2=C3CN(Cc4ccccc4)CCC3C(C)(C)OC2=C1.Cl. The highest BCUT2D eigenvalue weighted by molar-refractivity contribution is 5.85. The molecule has 0 saturated carbocycles. The number of allylic oxidation sites excluding steroid dienone is 2. The van der Waals surface area contributed by atoms with Gasteiger partial charge in [0.1, 0.15) is 17.2 Å². The summed E-state index contributed by atoms with van der Waals surface area (Å²) < 4.78 is 19.7. The number of aryl methyl sites for hydroxylation is 1. The molecule has 5 rings (SSSR count). The van der Waals surface area contributed by atoms with Gasteiger partial charge in [-0.25, -0.2) is 4.39 Å². The Morgan fingerprint density at radius 3 is 2.46 bits per heavy atom. The van der Waals surface area contributed by atoms with Crippen molar-refractivity contribution in [3.8, 4) is 0 Å². The summed E-state index contributed by atoms with van der Waals surface area (Å²) in [4.78, 5) is 2.38. The van der Waals surface area contributed by atoms with Crippen LogP contribution in [0.5, 0.6) is 0 Å². The lowest BCUT2D eigenvalue weighted by Gasteiger charge is -2.50. The van der Waals surface area contributed by atoms with Crippen LogP contribution >= 0.6 is 12.4 Å². The van der Waals surface area contributed by atoms with E-state index in [2.05, 4.69) is 49.9 Å². The van der Waals surface area contributed by atoms with Crippen molar-refractivity contribution in [3.63, 3.8) is 0 Å². The van der Waals surface area contributed by atoms with Crippen LogP contribution in [0.15, 0.2) is 89.2 Å². The van der Waals surface area contributed by atoms with Crippen molar-refractivity contribution < 1.29 is 19.3 Å². The fraction of sp³-hybridized carbons (Fsp3) is 0.419. The number of hydrogen-bond donors (Lipinski definition) is 2. The molecule has 0 spiro atoms. The lowest BCUT2D eigenvalue weighted by Crippen LogP contribution is -2.51. The van der Waals surface area contributed by atoms with Crippen molar-refractivity contribution in [2.75, 3.05) is 13.1 Å². The third kappa shape index (κ3) is 5.85. The molecule has 198 valence electrons. The number of benzene rings is 2. The predicted molar refractivity (Wildman–Crippen MR) is 146 cm³/mol. The van der Waals surface area contributed by atoms with E-state index >= 15 is 0 Å². The Kier molecular flexibility index (Phi) is 8.01. The van der Waals surface area contributed by atoms with E-state index in [1.54, 1.807) is 18.2 Å². The van der Waals surface area contributed by atoms with Gasteiger partial charge < -0.3 is 14.9 Å². The zero-order valence-electron chi connectivity index (χ0n) is 21.8. The minimum Gasteiger partial charge on any atom is -0.487 e. The lowest BCUT2D eigenvalue weighted by molar-refractivity contribution is -0.108. The van der Waals surface area contributed by atoms with Crippen LogP contribution in [0, 0.1) is 17.7 Å². The number of fused-ring (bicyclic) bond motifs is 2. The first kappa shape index (κ1) is 27.6. The number of piperidine rings is 1. The monoisotopic (exact) mass is 525 g/mol. The van der Waals surface area contributed by atoms with Crippen LogP contribution in [0.1, 0.15) is 44.7 Å². The van der Waals surface area contributed by atoms with E-state index in [-0.39, 0.29) is 30.1 Å². The predicted octanol–water partition coefficient (Wildman–Crippen LogP) is 5.95. The van der Waals surface area contributed by atoms with Gasteiger partial charge in [-0.15, -0.1) is 12.4 Å². The Bertz CT molecular complexity index is 1200. The highest BCUT2D eigenvalue weighted by atomic mass is 35.5. The van der Waals surface area contributed by atoms with Gasteiger partial charge >= 0.3 is 0 Å². The third-order valence-corrected chi connectivity index (χ3v) is 7.96. The van der Waals surface area contributed by atoms with Gasteiger partial charge in [-0.2, -0.15) is 0 Å². The van der Waals surface area contributed by atoms with Crippen LogP contribution < -0.4 is 0 Å². The zero-order chi connectivity index (χ0) is 25.5. The number of halogens is 2. The quantitative estimate of drug-likeness (QED) is 0.458. The van der Waals surface area contributed by atoms with Crippen molar-refractivity contribution in [2.45, 2.75) is 58.0 Å². The van der Waals surface area contributed by atoms with Crippen molar-refractivity contribution >= 4 is 12.4 Å². The lowest BCUT2D eigenvalue weighted by atomic mass is 9.71. The molecule has 3 aliphatic rings. The topological polar surface area (TPSA) is 52.9 Å². The summed E-state index contributed by atoms with van der Waals surface area (Å²) in [5.74, 6) is -1.54. The van der Waals surface area contributed by atoms with Gasteiger partial charge in [0, 0.05) is 19.0 Å². The second-order valence-electron chi connectivity index (χ2n) is 11.1. The van der Waals surface area contributed by atoms with Crippen LogP contribution in [-0.4, -0.2) is 39.6 Å². The summed E-state index contributed by atoms with van der Waals surface area (Å²) >= 11 is 0. The Balaban J connectivity index is 0.00000320.